The molecular formula is C46H49N3Pd2-8. The van der Waals surface area contributed by atoms with Gasteiger partial charge in [-0.25, -0.2) is 0 Å². The fourth-order valence-electron chi connectivity index (χ4n) is 3.94. The molecule has 5 heteroatoms. The molecule has 6 aromatic rings. The normalized spacial score (nSPS) is 10.5. The molecule has 3 nitrogen and oxygen atoms in total. The predicted molar refractivity (Wildman–Crippen MR) is 215 cm³/mol. The molecule has 0 aliphatic carbocycles. The molecule has 276 valence electrons. The molecule has 2 unspecified atom stereocenters. The Morgan fingerprint density at radius 3 is 1.18 bits per heavy atom. The van der Waals surface area contributed by atoms with Gasteiger partial charge in [0.25, 0.3) is 0 Å². The molecule has 0 spiro atoms. The maximum atomic E-state index is 7.69. The molecule has 51 heavy (non-hydrogen) atoms. The summed E-state index contributed by atoms with van der Waals surface area (Å²) in [6, 6.07) is 54.8. The van der Waals surface area contributed by atoms with Gasteiger partial charge in [-0.1, -0.05) is 97.1 Å². The van der Waals surface area contributed by atoms with E-state index in [0.717, 1.165) is 33.5 Å². The third-order valence-electron chi connectivity index (χ3n) is 7.04. The second-order valence-electron chi connectivity index (χ2n) is 11.2. The molecule has 6 aromatic carbocycles. The van der Waals surface area contributed by atoms with Crippen molar-refractivity contribution < 1.29 is 40.8 Å². The number of hydrogen-bond donors (Lipinski definition) is 1. The van der Waals surface area contributed by atoms with Crippen LogP contribution >= 0.6 is 0 Å². The minimum atomic E-state index is 0. The van der Waals surface area contributed by atoms with E-state index >= 15 is 0 Å². The van der Waals surface area contributed by atoms with Crippen molar-refractivity contribution in [2.75, 3.05) is 5.73 Å². The van der Waals surface area contributed by atoms with Crippen LogP contribution in [0.15, 0.2) is 152 Å². The van der Waals surface area contributed by atoms with Crippen LogP contribution in [0.25, 0.3) is 44.8 Å². The van der Waals surface area contributed by atoms with E-state index < -0.39 is 0 Å². The average molecular weight is 857 g/mol. The van der Waals surface area contributed by atoms with E-state index in [1.54, 1.807) is 12.1 Å². The van der Waals surface area contributed by atoms with Crippen molar-refractivity contribution >= 4 is 17.1 Å². The number of anilines is 1. The maximum Gasteiger partial charge on any atom is 0.0393 e. The maximum absolute atomic E-state index is 7.69. The van der Waals surface area contributed by atoms with Crippen LogP contribution in [0.1, 0.15) is 27.7 Å². The number of rotatable bonds is 5. The van der Waals surface area contributed by atoms with Gasteiger partial charge in [-0.2, -0.15) is 25.2 Å². The van der Waals surface area contributed by atoms with E-state index in [1.165, 1.54) is 5.56 Å². The Bertz CT molecular complexity index is 1510. The van der Waals surface area contributed by atoms with Gasteiger partial charge < -0.3 is 55.7 Å². The molecule has 0 saturated heterocycles. The molecule has 2 atom stereocenters. The Balaban J connectivity index is 0.000000640. The van der Waals surface area contributed by atoms with Gasteiger partial charge >= 0.3 is 0 Å². The van der Waals surface area contributed by atoms with E-state index in [4.69, 9.17) is 17.2 Å². The van der Waals surface area contributed by atoms with Gasteiger partial charge in [-0.3, -0.25) is 0 Å². The number of nitrogen functional groups attached to an aromatic ring is 1. The molecule has 0 amide bonds. The molecule has 0 aliphatic heterocycles. The van der Waals surface area contributed by atoms with Crippen molar-refractivity contribution in [2.45, 2.75) is 27.7 Å². The molecule has 4 N–H and O–H groups in total. The SMILES string of the molecule is Nc1ccccc1-c1ccccc1.[CH2-]C(C)[CH-]C.[CH2-]C(C)[CH-]C.[NH-]c1ccccc1-c1[c-]cccc1.[NH-]c1ccccc1-c1[c-]cccc1.[Pd].[Pd]. The van der Waals surface area contributed by atoms with Gasteiger partial charge in [0.2, 0.25) is 0 Å². The van der Waals surface area contributed by atoms with Crippen molar-refractivity contribution in [3.05, 3.63) is 202 Å². The number of para-hydroxylation sites is 1. The van der Waals surface area contributed by atoms with Crippen LogP contribution in [-0.2, 0) is 40.8 Å². The fraction of sp³-hybridized carbons (Fsp3) is 0.130. The van der Waals surface area contributed by atoms with Crippen LogP contribution in [0.3, 0.4) is 0 Å². The first kappa shape index (κ1) is 47.0. The Kier molecular flexibility index (Phi) is 25.6. The van der Waals surface area contributed by atoms with Crippen molar-refractivity contribution in [3.8, 4) is 33.4 Å². The molecule has 0 fully saturated rings. The minimum absolute atomic E-state index is 0. The first-order valence-electron chi connectivity index (χ1n) is 16.4. The van der Waals surface area contributed by atoms with Gasteiger partial charge in [0.1, 0.15) is 0 Å². The van der Waals surface area contributed by atoms with E-state index in [0.29, 0.717) is 23.2 Å². The number of benzene rings is 6. The van der Waals surface area contributed by atoms with E-state index in [-0.39, 0.29) is 40.8 Å². The van der Waals surface area contributed by atoms with Crippen molar-refractivity contribution in [3.63, 3.8) is 0 Å². The summed E-state index contributed by atoms with van der Waals surface area (Å²) in [7, 11) is 0. The van der Waals surface area contributed by atoms with Gasteiger partial charge in [0.05, 0.1) is 0 Å². The molecule has 6 rings (SSSR count). The summed E-state index contributed by atoms with van der Waals surface area (Å²) < 4.78 is 0. The van der Waals surface area contributed by atoms with Crippen LogP contribution in [0, 0.1) is 50.7 Å². The molecule has 0 saturated carbocycles. The monoisotopic (exact) mass is 855 g/mol. The molecule has 0 aliphatic rings. The quantitative estimate of drug-likeness (QED) is 0.105. The summed E-state index contributed by atoms with van der Waals surface area (Å²) in [5.41, 5.74) is 29.2. The molecule has 0 aromatic heterocycles. The largest absolute Gasteiger partial charge is 0.706 e. The van der Waals surface area contributed by atoms with E-state index in [9.17, 15) is 0 Å². The van der Waals surface area contributed by atoms with Crippen molar-refractivity contribution in [2.24, 2.45) is 11.8 Å². The van der Waals surface area contributed by atoms with E-state index in [1.807, 2.05) is 141 Å². The molecule has 0 heterocycles. The van der Waals surface area contributed by atoms with Gasteiger partial charge in [0.15, 0.2) is 0 Å². The van der Waals surface area contributed by atoms with Gasteiger partial charge in [0, 0.05) is 52.1 Å². The van der Waals surface area contributed by atoms with Crippen LogP contribution in [0.4, 0.5) is 17.1 Å². The Morgan fingerprint density at radius 2 is 0.843 bits per heavy atom. The second kappa shape index (κ2) is 27.7. The van der Waals surface area contributed by atoms with Crippen LogP contribution < -0.4 is 5.73 Å². The van der Waals surface area contributed by atoms with Crippen LogP contribution in [0.5, 0.6) is 0 Å². The Hall–Kier alpha value is -3.96. The summed E-state index contributed by atoms with van der Waals surface area (Å²) in [5.74, 6) is 1.02. The average Bonchev–Trinajstić information content (AvgIpc) is 3.14. The second-order valence-corrected chi connectivity index (χ2v) is 11.2. The zero-order chi connectivity index (χ0) is 35.9. The van der Waals surface area contributed by atoms with Crippen LogP contribution in [0.2, 0.25) is 0 Å². The Morgan fingerprint density at radius 1 is 0.510 bits per heavy atom. The molecule has 0 bridgehead atoms. The third-order valence-corrected chi connectivity index (χ3v) is 7.04. The smallest absolute Gasteiger partial charge is 0.0393 e. The number of hydrogen-bond acceptors (Lipinski definition) is 1. The first-order chi connectivity index (χ1) is 23.7. The van der Waals surface area contributed by atoms with E-state index in [2.05, 4.69) is 64.8 Å². The Labute approximate surface area is 336 Å². The number of nitrogens with two attached hydrogens (primary N) is 1. The van der Waals surface area contributed by atoms with Crippen LogP contribution in [-0.4, -0.2) is 0 Å². The number of nitrogens with one attached hydrogen (secondary N) is 2. The third kappa shape index (κ3) is 18.7. The fourth-order valence-corrected chi connectivity index (χ4v) is 3.94. The summed E-state index contributed by atoms with van der Waals surface area (Å²) in [5, 5.41) is 0. The first-order valence-corrected chi connectivity index (χ1v) is 16.4. The standard InChI is InChI=1S/C12H11N.2C12H9N.2C5H10.2Pd/c3*13-12-9-5-4-8-11(12)10-6-2-1-3-7-10;2*1-4-5(2)3;;/h1-9H,13H2;2*1-6,8-9,13H;2*4-5H,2H2,1,3H3;;/q;4*-2;;. The van der Waals surface area contributed by atoms with Gasteiger partial charge in [-0.15, -0.1) is 96.8 Å². The zero-order valence-corrected chi connectivity index (χ0v) is 33.0. The summed E-state index contributed by atoms with van der Waals surface area (Å²) in [4.78, 5) is 0. The topological polar surface area (TPSA) is 73.6 Å². The summed E-state index contributed by atoms with van der Waals surface area (Å²) in [6.45, 7) is 15.5. The van der Waals surface area contributed by atoms with Crippen molar-refractivity contribution in [1.29, 1.82) is 0 Å². The molecular weight excluding hydrogens is 807 g/mol. The summed E-state index contributed by atoms with van der Waals surface area (Å²) >= 11 is 0. The zero-order valence-electron chi connectivity index (χ0n) is 29.9. The van der Waals surface area contributed by atoms with Gasteiger partial charge in [-0.05, 0) is 11.6 Å². The predicted octanol–water partition coefficient (Wildman–Crippen LogP) is 14.0. The minimum Gasteiger partial charge on any atom is -0.706 e. The molecule has 0 radical (unpaired) electrons. The summed E-state index contributed by atoms with van der Waals surface area (Å²) in [6.07, 6.45) is 4.11. The van der Waals surface area contributed by atoms with Crippen molar-refractivity contribution in [1.82, 2.24) is 0 Å².